The summed E-state index contributed by atoms with van der Waals surface area (Å²) in [5.74, 6) is 1.59. The molecule has 0 bridgehead atoms. The lowest BCUT2D eigenvalue weighted by Crippen LogP contribution is -2.33. The summed E-state index contributed by atoms with van der Waals surface area (Å²) in [6.45, 7) is 4.50. The van der Waals surface area contributed by atoms with Crippen molar-refractivity contribution >= 4 is 11.4 Å². The van der Waals surface area contributed by atoms with E-state index in [1.165, 1.54) is 20.0 Å². The third-order valence-corrected chi connectivity index (χ3v) is 4.19. The molecular formula is C15H22N2O3. The summed E-state index contributed by atoms with van der Waals surface area (Å²) in [4.78, 5) is 10.6. The Balaban J connectivity index is 2.16. The first-order chi connectivity index (χ1) is 9.51. The van der Waals surface area contributed by atoms with Gasteiger partial charge in [-0.1, -0.05) is 20.3 Å². The van der Waals surface area contributed by atoms with Gasteiger partial charge < -0.3 is 10.1 Å². The molecule has 0 heterocycles. The van der Waals surface area contributed by atoms with E-state index in [1.807, 2.05) is 6.07 Å². The van der Waals surface area contributed by atoms with Crippen LogP contribution in [0.15, 0.2) is 18.2 Å². The van der Waals surface area contributed by atoms with Gasteiger partial charge >= 0.3 is 5.69 Å². The Hall–Kier alpha value is -1.78. The minimum atomic E-state index is -0.406. The van der Waals surface area contributed by atoms with Gasteiger partial charge in [0.1, 0.15) is 0 Å². The molecule has 0 radical (unpaired) electrons. The van der Waals surface area contributed by atoms with Gasteiger partial charge in [0.15, 0.2) is 5.75 Å². The minimum Gasteiger partial charge on any atom is -0.490 e. The van der Waals surface area contributed by atoms with Crippen molar-refractivity contribution in [3.05, 3.63) is 28.3 Å². The number of nitro groups is 1. The van der Waals surface area contributed by atoms with Crippen molar-refractivity contribution in [2.75, 3.05) is 12.4 Å². The number of ether oxygens (including phenoxy) is 1. The molecule has 3 unspecified atom stereocenters. The molecule has 1 fully saturated rings. The Morgan fingerprint density at radius 1 is 1.35 bits per heavy atom. The standard InChI is InChI=1S/C15H22N2O3/c1-10-4-5-11(2)13(8-10)16-12-6-7-15(20-3)14(9-12)17(18)19/h6-7,9-11,13,16H,4-5,8H2,1-3H3. The molecule has 1 saturated carbocycles. The predicted octanol–water partition coefficient (Wildman–Crippen LogP) is 3.84. The maximum absolute atomic E-state index is 11.0. The summed E-state index contributed by atoms with van der Waals surface area (Å²) in [5, 5.41) is 14.5. The molecular weight excluding hydrogens is 256 g/mol. The van der Waals surface area contributed by atoms with Crippen LogP contribution in [0.4, 0.5) is 11.4 Å². The number of nitro benzene ring substituents is 1. The molecule has 1 N–H and O–H groups in total. The molecule has 0 amide bonds. The van der Waals surface area contributed by atoms with Crippen LogP contribution in [-0.4, -0.2) is 18.1 Å². The number of rotatable bonds is 4. The van der Waals surface area contributed by atoms with E-state index in [9.17, 15) is 10.1 Å². The summed E-state index contributed by atoms with van der Waals surface area (Å²) in [6, 6.07) is 5.44. The van der Waals surface area contributed by atoms with Crippen LogP contribution in [0.1, 0.15) is 33.1 Å². The molecule has 0 spiro atoms. The lowest BCUT2D eigenvalue weighted by atomic mass is 9.80. The Morgan fingerprint density at radius 2 is 2.10 bits per heavy atom. The van der Waals surface area contributed by atoms with Crippen molar-refractivity contribution in [2.45, 2.75) is 39.2 Å². The van der Waals surface area contributed by atoms with Crippen LogP contribution < -0.4 is 10.1 Å². The second-order valence-electron chi connectivity index (χ2n) is 5.79. The van der Waals surface area contributed by atoms with E-state index >= 15 is 0 Å². The van der Waals surface area contributed by atoms with Crippen molar-refractivity contribution in [3.63, 3.8) is 0 Å². The van der Waals surface area contributed by atoms with E-state index in [1.54, 1.807) is 12.1 Å². The average Bonchev–Trinajstić information content (AvgIpc) is 2.42. The number of nitrogens with zero attached hydrogens (tertiary/aromatic N) is 1. The van der Waals surface area contributed by atoms with E-state index < -0.39 is 4.92 Å². The molecule has 1 aromatic rings. The highest BCUT2D eigenvalue weighted by atomic mass is 16.6. The van der Waals surface area contributed by atoms with Gasteiger partial charge in [0, 0.05) is 17.8 Å². The number of benzene rings is 1. The largest absolute Gasteiger partial charge is 0.490 e. The molecule has 5 nitrogen and oxygen atoms in total. The normalized spacial score (nSPS) is 26.1. The Bertz CT molecular complexity index is 490. The zero-order valence-corrected chi connectivity index (χ0v) is 12.3. The second kappa shape index (κ2) is 6.11. The lowest BCUT2D eigenvalue weighted by Gasteiger charge is -2.34. The lowest BCUT2D eigenvalue weighted by molar-refractivity contribution is -0.385. The van der Waals surface area contributed by atoms with Crippen LogP contribution in [0.2, 0.25) is 0 Å². The summed E-state index contributed by atoms with van der Waals surface area (Å²) in [7, 11) is 1.44. The summed E-state index contributed by atoms with van der Waals surface area (Å²) >= 11 is 0. The van der Waals surface area contributed by atoms with E-state index in [0.29, 0.717) is 23.6 Å². The fourth-order valence-electron chi connectivity index (χ4n) is 2.87. The molecule has 0 saturated heterocycles. The van der Waals surface area contributed by atoms with Gasteiger partial charge in [0.25, 0.3) is 0 Å². The van der Waals surface area contributed by atoms with Crippen LogP contribution in [0.25, 0.3) is 0 Å². The van der Waals surface area contributed by atoms with Crippen LogP contribution >= 0.6 is 0 Å². The Labute approximate surface area is 119 Å². The molecule has 20 heavy (non-hydrogen) atoms. The van der Waals surface area contributed by atoms with Gasteiger partial charge in [-0.15, -0.1) is 0 Å². The van der Waals surface area contributed by atoms with Crippen LogP contribution in [0.3, 0.4) is 0 Å². The van der Waals surface area contributed by atoms with Crippen molar-refractivity contribution in [1.82, 2.24) is 0 Å². The first kappa shape index (κ1) is 14.6. The van der Waals surface area contributed by atoms with Gasteiger partial charge in [-0.2, -0.15) is 0 Å². The average molecular weight is 278 g/mol. The van der Waals surface area contributed by atoms with Gasteiger partial charge in [-0.3, -0.25) is 10.1 Å². The first-order valence-corrected chi connectivity index (χ1v) is 7.10. The van der Waals surface area contributed by atoms with Gasteiger partial charge in [0.05, 0.1) is 12.0 Å². The van der Waals surface area contributed by atoms with Crippen molar-refractivity contribution in [2.24, 2.45) is 11.8 Å². The third-order valence-electron chi connectivity index (χ3n) is 4.19. The molecule has 1 aliphatic rings. The second-order valence-corrected chi connectivity index (χ2v) is 5.79. The van der Waals surface area contributed by atoms with Gasteiger partial charge in [-0.25, -0.2) is 0 Å². The monoisotopic (exact) mass is 278 g/mol. The zero-order chi connectivity index (χ0) is 14.7. The number of methoxy groups -OCH3 is 1. The zero-order valence-electron chi connectivity index (χ0n) is 12.3. The van der Waals surface area contributed by atoms with E-state index in [2.05, 4.69) is 19.2 Å². The SMILES string of the molecule is COc1ccc(NC2CC(C)CCC2C)cc1[N+](=O)[O-]. The highest BCUT2D eigenvalue weighted by Crippen LogP contribution is 2.33. The van der Waals surface area contributed by atoms with Crippen molar-refractivity contribution < 1.29 is 9.66 Å². The molecule has 3 atom stereocenters. The summed E-state index contributed by atoms with van der Waals surface area (Å²) < 4.78 is 5.02. The first-order valence-electron chi connectivity index (χ1n) is 7.10. The number of hydrogen-bond acceptors (Lipinski definition) is 4. The smallest absolute Gasteiger partial charge is 0.312 e. The van der Waals surface area contributed by atoms with Crippen LogP contribution in [0.5, 0.6) is 5.75 Å². The van der Waals surface area contributed by atoms with Gasteiger partial charge in [-0.05, 0) is 36.8 Å². The quantitative estimate of drug-likeness (QED) is 0.671. The maximum atomic E-state index is 11.0. The summed E-state index contributed by atoms with van der Waals surface area (Å²) in [5.41, 5.74) is 0.803. The Kier molecular flexibility index (Phi) is 4.47. The van der Waals surface area contributed by atoms with Crippen LogP contribution in [0, 0.1) is 22.0 Å². The Morgan fingerprint density at radius 3 is 2.75 bits per heavy atom. The number of anilines is 1. The predicted molar refractivity (Wildman–Crippen MR) is 79.2 cm³/mol. The van der Waals surface area contributed by atoms with E-state index in [0.717, 1.165) is 12.1 Å². The minimum absolute atomic E-state index is 0.00834. The molecule has 0 aromatic heterocycles. The van der Waals surface area contributed by atoms with Crippen molar-refractivity contribution in [1.29, 1.82) is 0 Å². The van der Waals surface area contributed by atoms with Crippen LogP contribution in [-0.2, 0) is 0 Å². The number of hydrogen-bond donors (Lipinski definition) is 1. The topological polar surface area (TPSA) is 64.4 Å². The fourth-order valence-corrected chi connectivity index (χ4v) is 2.87. The maximum Gasteiger partial charge on any atom is 0.312 e. The third kappa shape index (κ3) is 3.21. The molecule has 5 heteroatoms. The highest BCUT2D eigenvalue weighted by Gasteiger charge is 2.26. The van der Waals surface area contributed by atoms with E-state index in [4.69, 9.17) is 4.74 Å². The molecule has 1 aliphatic carbocycles. The fraction of sp³-hybridized carbons (Fsp3) is 0.600. The summed E-state index contributed by atoms with van der Waals surface area (Å²) in [6.07, 6.45) is 3.58. The molecule has 1 aromatic carbocycles. The highest BCUT2D eigenvalue weighted by molar-refractivity contribution is 5.58. The van der Waals surface area contributed by atoms with E-state index in [-0.39, 0.29) is 5.69 Å². The molecule has 2 rings (SSSR count). The molecule has 0 aliphatic heterocycles. The molecule has 110 valence electrons. The number of nitrogens with one attached hydrogen (secondary N) is 1. The van der Waals surface area contributed by atoms with Crippen molar-refractivity contribution in [3.8, 4) is 5.75 Å². The van der Waals surface area contributed by atoms with Gasteiger partial charge in [0.2, 0.25) is 0 Å².